The Morgan fingerprint density at radius 1 is 0.962 bits per heavy atom. The monoisotopic (exact) mass is 353 g/mol. The van der Waals surface area contributed by atoms with Crippen LogP contribution in [0.5, 0.6) is 0 Å². The zero-order valence-corrected chi connectivity index (χ0v) is 15.2. The fourth-order valence-corrected chi connectivity index (χ4v) is 6.86. The minimum absolute atomic E-state index is 0.132. The average molecular weight is 353 g/mol. The van der Waals surface area contributed by atoms with Crippen LogP contribution in [0.15, 0.2) is 24.3 Å². The molecule has 0 spiro atoms. The maximum Gasteiger partial charge on any atom is 0.326 e. The number of nitrogens with zero attached hydrogens (tertiary/aromatic N) is 1. The van der Waals surface area contributed by atoms with E-state index in [2.05, 4.69) is 12.1 Å². The van der Waals surface area contributed by atoms with Gasteiger partial charge in [0.15, 0.2) is 0 Å². The van der Waals surface area contributed by atoms with Gasteiger partial charge in [-0.3, -0.25) is 4.79 Å². The standard InChI is InChI=1S/C22H27NO3/c24-20(23-7-1-2-19(23)21(25)26)17-3-5-18(6-4-17)22-11-14-8-15(12-22)10-16(9-14)13-22/h3-6,14-16,19H,1-2,7-13H2,(H,25,26). The van der Waals surface area contributed by atoms with E-state index >= 15 is 0 Å². The fraction of sp³-hybridized carbons (Fsp3) is 0.636. The molecule has 1 aromatic carbocycles. The van der Waals surface area contributed by atoms with Gasteiger partial charge in [-0.05, 0) is 92.2 Å². The number of carboxylic acids is 1. The van der Waals surface area contributed by atoms with Crippen LogP contribution < -0.4 is 0 Å². The van der Waals surface area contributed by atoms with Crippen molar-refractivity contribution in [1.29, 1.82) is 0 Å². The largest absolute Gasteiger partial charge is 0.480 e. The molecule has 1 aliphatic heterocycles. The van der Waals surface area contributed by atoms with Gasteiger partial charge in [0.2, 0.25) is 0 Å². The first kappa shape index (κ1) is 16.3. The lowest BCUT2D eigenvalue weighted by molar-refractivity contribution is -0.141. The molecule has 1 heterocycles. The van der Waals surface area contributed by atoms with Crippen molar-refractivity contribution in [1.82, 2.24) is 4.90 Å². The van der Waals surface area contributed by atoms with Crippen molar-refractivity contribution < 1.29 is 14.7 Å². The lowest BCUT2D eigenvalue weighted by Crippen LogP contribution is -2.48. The van der Waals surface area contributed by atoms with Gasteiger partial charge in [-0.25, -0.2) is 4.79 Å². The number of hydrogen-bond acceptors (Lipinski definition) is 2. The third-order valence-electron chi connectivity index (χ3n) is 7.58. The van der Waals surface area contributed by atoms with Gasteiger partial charge in [0.25, 0.3) is 5.91 Å². The van der Waals surface area contributed by atoms with E-state index in [1.54, 1.807) is 0 Å². The second-order valence-electron chi connectivity index (χ2n) is 9.27. The molecular formula is C22H27NO3. The van der Waals surface area contributed by atoms with E-state index in [1.165, 1.54) is 49.0 Å². The number of hydrogen-bond donors (Lipinski definition) is 1. The van der Waals surface area contributed by atoms with Crippen LogP contribution in [-0.2, 0) is 10.2 Å². The molecule has 4 bridgehead atoms. The topological polar surface area (TPSA) is 57.6 Å². The minimum atomic E-state index is -0.888. The molecule has 4 nitrogen and oxygen atoms in total. The van der Waals surface area contributed by atoms with Crippen LogP contribution in [0.25, 0.3) is 0 Å². The molecule has 1 N–H and O–H groups in total. The van der Waals surface area contributed by atoms with E-state index in [1.807, 2.05) is 12.1 Å². The predicted octanol–water partition coefficient (Wildman–Crippen LogP) is 3.84. The lowest BCUT2D eigenvalue weighted by Gasteiger charge is -2.57. The molecule has 1 unspecified atom stereocenters. The van der Waals surface area contributed by atoms with Crippen LogP contribution in [0.3, 0.4) is 0 Å². The Bertz CT molecular complexity index is 703. The van der Waals surface area contributed by atoms with Crippen molar-refractivity contribution in [3.8, 4) is 0 Å². The SMILES string of the molecule is O=C(O)C1CCCN1C(=O)c1ccc(C23CC4CC(CC(C4)C2)C3)cc1. The smallest absolute Gasteiger partial charge is 0.326 e. The van der Waals surface area contributed by atoms with Gasteiger partial charge in [-0.15, -0.1) is 0 Å². The molecule has 4 saturated carbocycles. The number of carboxylic acid groups (broad SMARTS) is 1. The molecule has 0 aromatic heterocycles. The van der Waals surface area contributed by atoms with Gasteiger partial charge in [0.1, 0.15) is 6.04 Å². The molecule has 4 aliphatic carbocycles. The first-order valence-corrected chi connectivity index (χ1v) is 10.2. The van der Waals surface area contributed by atoms with Gasteiger partial charge >= 0.3 is 5.97 Å². The molecule has 1 amide bonds. The number of amides is 1. The normalized spacial score (nSPS) is 37.9. The maximum absolute atomic E-state index is 12.8. The van der Waals surface area contributed by atoms with Crippen molar-refractivity contribution in [3.05, 3.63) is 35.4 Å². The van der Waals surface area contributed by atoms with Gasteiger partial charge in [0, 0.05) is 12.1 Å². The van der Waals surface area contributed by atoms with E-state index < -0.39 is 12.0 Å². The van der Waals surface area contributed by atoms with Gasteiger partial charge in [-0.1, -0.05) is 12.1 Å². The number of aliphatic carboxylic acids is 1. The highest BCUT2D eigenvalue weighted by Gasteiger charge is 2.51. The third kappa shape index (κ3) is 2.49. The number of benzene rings is 1. The Morgan fingerprint density at radius 3 is 2.08 bits per heavy atom. The number of carbonyl (C=O) groups is 2. The molecule has 1 saturated heterocycles. The highest BCUT2D eigenvalue weighted by Crippen LogP contribution is 2.60. The fourth-order valence-electron chi connectivity index (χ4n) is 6.86. The Labute approximate surface area is 154 Å². The summed E-state index contributed by atoms with van der Waals surface area (Å²) in [5.41, 5.74) is 2.38. The second kappa shape index (κ2) is 5.83. The molecule has 4 heteroatoms. The van der Waals surface area contributed by atoms with Crippen LogP contribution in [-0.4, -0.2) is 34.5 Å². The summed E-state index contributed by atoms with van der Waals surface area (Å²) in [5, 5.41) is 9.33. The molecule has 1 atom stereocenters. The summed E-state index contributed by atoms with van der Waals surface area (Å²) < 4.78 is 0. The van der Waals surface area contributed by atoms with E-state index in [9.17, 15) is 14.7 Å². The predicted molar refractivity (Wildman–Crippen MR) is 98.0 cm³/mol. The van der Waals surface area contributed by atoms with E-state index in [0.29, 0.717) is 23.9 Å². The first-order valence-electron chi connectivity index (χ1n) is 10.2. The molecule has 5 fully saturated rings. The minimum Gasteiger partial charge on any atom is -0.480 e. The van der Waals surface area contributed by atoms with E-state index in [-0.39, 0.29) is 5.91 Å². The highest BCUT2D eigenvalue weighted by molar-refractivity contribution is 5.97. The van der Waals surface area contributed by atoms with Crippen LogP contribution in [0, 0.1) is 17.8 Å². The number of carbonyl (C=O) groups excluding carboxylic acids is 1. The molecule has 1 aromatic rings. The Balaban J connectivity index is 1.38. The van der Waals surface area contributed by atoms with E-state index in [4.69, 9.17) is 0 Å². The summed E-state index contributed by atoms with van der Waals surface area (Å²) in [6, 6.07) is 7.53. The van der Waals surface area contributed by atoms with Crippen molar-refractivity contribution >= 4 is 11.9 Å². The summed E-state index contributed by atoms with van der Waals surface area (Å²) in [6.45, 7) is 0.548. The average Bonchev–Trinajstić information content (AvgIpc) is 3.10. The highest BCUT2D eigenvalue weighted by atomic mass is 16.4. The number of likely N-dealkylation sites (tertiary alicyclic amines) is 1. The summed E-state index contributed by atoms with van der Waals surface area (Å²) in [5.74, 6) is 1.70. The summed E-state index contributed by atoms with van der Waals surface area (Å²) in [7, 11) is 0. The van der Waals surface area contributed by atoms with Crippen LogP contribution in [0.1, 0.15) is 67.3 Å². The van der Waals surface area contributed by atoms with Crippen LogP contribution >= 0.6 is 0 Å². The maximum atomic E-state index is 12.8. The van der Waals surface area contributed by atoms with Gasteiger partial charge in [0.05, 0.1) is 0 Å². The molecule has 138 valence electrons. The molecule has 26 heavy (non-hydrogen) atoms. The molecule has 5 aliphatic rings. The number of rotatable bonds is 3. The summed E-state index contributed by atoms with van der Waals surface area (Å²) in [6.07, 6.45) is 9.59. The second-order valence-corrected chi connectivity index (χ2v) is 9.27. The lowest BCUT2D eigenvalue weighted by atomic mass is 9.48. The quantitative estimate of drug-likeness (QED) is 0.898. The molecular weight excluding hydrogens is 326 g/mol. The zero-order valence-electron chi connectivity index (χ0n) is 15.2. The Morgan fingerprint density at radius 2 is 1.54 bits per heavy atom. The van der Waals surface area contributed by atoms with Crippen molar-refractivity contribution in [2.45, 2.75) is 62.8 Å². The van der Waals surface area contributed by atoms with Gasteiger partial charge < -0.3 is 10.0 Å². The van der Waals surface area contributed by atoms with Crippen LogP contribution in [0.2, 0.25) is 0 Å². The van der Waals surface area contributed by atoms with Crippen molar-refractivity contribution in [2.24, 2.45) is 17.8 Å². The summed E-state index contributed by atoms with van der Waals surface area (Å²) >= 11 is 0. The third-order valence-corrected chi connectivity index (χ3v) is 7.58. The Hall–Kier alpha value is -1.84. The molecule has 0 radical (unpaired) electrons. The van der Waals surface area contributed by atoms with E-state index in [0.717, 1.165) is 24.2 Å². The van der Waals surface area contributed by atoms with Crippen molar-refractivity contribution in [3.63, 3.8) is 0 Å². The Kier molecular flexibility index (Phi) is 3.67. The summed E-state index contributed by atoms with van der Waals surface area (Å²) in [4.78, 5) is 25.7. The van der Waals surface area contributed by atoms with Crippen LogP contribution in [0.4, 0.5) is 0 Å². The molecule has 6 rings (SSSR count). The van der Waals surface area contributed by atoms with Crippen molar-refractivity contribution in [2.75, 3.05) is 6.54 Å². The first-order chi connectivity index (χ1) is 12.5. The van der Waals surface area contributed by atoms with Gasteiger partial charge in [-0.2, -0.15) is 0 Å². The zero-order chi connectivity index (χ0) is 17.9.